The van der Waals surface area contributed by atoms with Crippen LogP contribution in [0.1, 0.15) is 5.69 Å². The smallest absolute Gasteiger partial charge is 0.0885 e. The standard InChI is InChI=1S/C11H10Cl2N2O/c1-16-7-9-4-5-14-15(9)11-3-2-8(12)6-10(11)13/h2-6H,7H2,1H3. The number of benzene rings is 1. The molecule has 0 fully saturated rings. The highest BCUT2D eigenvalue weighted by molar-refractivity contribution is 6.35. The van der Waals surface area contributed by atoms with Crippen LogP contribution in [0.2, 0.25) is 10.0 Å². The molecule has 2 rings (SSSR count). The molecule has 1 aromatic carbocycles. The van der Waals surface area contributed by atoms with Crippen molar-refractivity contribution in [1.82, 2.24) is 9.78 Å². The highest BCUT2D eigenvalue weighted by atomic mass is 35.5. The second-order valence-corrected chi connectivity index (χ2v) is 4.11. The molecule has 0 amide bonds. The van der Waals surface area contributed by atoms with E-state index in [9.17, 15) is 0 Å². The van der Waals surface area contributed by atoms with Crippen LogP contribution in [0.5, 0.6) is 0 Å². The molecule has 84 valence electrons. The van der Waals surface area contributed by atoms with Gasteiger partial charge in [-0.1, -0.05) is 23.2 Å². The second kappa shape index (κ2) is 4.87. The van der Waals surface area contributed by atoms with Crippen LogP contribution >= 0.6 is 23.2 Å². The van der Waals surface area contributed by atoms with Crippen molar-refractivity contribution in [2.75, 3.05) is 7.11 Å². The minimum Gasteiger partial charge on any atom is -0.378 e. The zero-order valence-electron chi connectivity index (χ0n) is 8.65. The third kappa shape index (κ3) is 2.21. The van der Waals surface area contributed by atoms with Crippen LogP contribution in [-0.4, -0.2) is 16.9 Å². The molecule has 0 saturated carbocycles. The van der Waals surface area contributed by atoms with Gasteiger partial charge in [0.25, 0.3) is 0 Å². The molecular weight excluding hydrogens is 247 g/mol. The van der Waals surface area contributed by atoms with E-state index >= 15 is 0 Å². The van der Waals surface area contributed by atoms with E-state index < -0.39 is 0 Å². The lowest BCUT2D eigenvalue weighted by Gasteiger charge is -2.08. The van der Waals surface area contributed by atoms with E-state index in [0.29, 0.717) is 16.7 Å². The Labute approximate surface area is 104 Å². The molecule has 0 N–H and O–H groups in total. The van der Waals surface area contributed by atoms with E-state index in [1.807, 2.05) is 12.1 Å². The molecule has 16 heavy (non-hydrogen) atoms. The summed E-state index contributed by atoms with van der Waals surface area (Å²) in [5.74, 6) is 0. The van der Waals surface area contributed by atoms with E-state index in [4.69, 9.17) is 27.9 Å². The number of rotatable bonds is 3. The van der Waals surface area contributed by atoms with Gasteiger partial charge < -0.3 is 4.74 Å². The van der Waals surface area contributed by atoms with Gasteiger partial charge in [0, 0.05) is 18.3 Å². The van der Waals surface area contributed by atoms with Gasteiger partial charge in [0.1, 0.15) is 0 Å². The van der Waals surface area contributed by atoms with Crippen molar-refractivity contribution in [3.63, 3.8) is 0 Å². The molecule has 0 bridgehead atoms. The number of ether oxygens (including phenoxy) is 1. The summed E-state index contributed by atoms with van der Waals surface area (Å²) in [5, 5.41) is 5.37. The Hall–Kier alpha value is -1.03. The summed E-state index contributed by atoms with van der Waals surface area (Å²) < 4.78 is 6.82. The van der Waals surface area contributed by atoms with Crippen molar-refractivity contribution in [2.24, 2.45) is 0 Å². The fraction of sp³-hybridized carbons (Fsp3) is 0.182. The van der Waals surface area contributed by atoms with Gasteiger partial charge >= 0.3 is 0 Å². The van der Waals surface area contributed by atoms with Crippen LogP contribution < -0.4 is 0 Å². The van der Waals surface area contributed by atoms with Crippen molar-refractivity contribution in [2.45, 2.75) is 6.61 Å². The van der Waals surface area contributed by atoms with Gasteiger partial charge in [-0.25, -0.2) is 4.68 Å². The molecule has 2 aromatic rings. The Kier molecular flexibility index (Phi) is 3.49. The van der Waals surface area contributed by atoms with Crippen LogP contribution in [0.25, 0.3) is 5.69 Å². The third-order valence-corrected chi connectivity index (χ3v) is 2.69. The topological polar surface area (TPSA) is 27.1 Å². The third-order valence-electron chi connectivity index (χ3n) is 2.15. The van der Waals surface area contributed by atoms with Gasteiger partial charge in [0.2, 0.25) is 0 Å². The average molecular weight is 257 g/mol. The number of nitrogens with zero attached hydrogens (tertiary/aromatic N) is 2. The van der Waals surface area contributed by atoms with Crippen molar-refractivity contribution in [3.05, 3.63) is 46.2 Å². The molecule has 1 aromatic heterocycles. The molecule has 0 atom stereocenters. The van der Waals surface area contributed by atoms with Crippen molar-refractivity contribution >= 4 is 23.2 Å². The maximum Gasteiger partial charge on any atom is 0.0885 e. The van der Waals surface area contributed by atoms with E-state index in [2.05, 4.69) is 5.10 Å². The van der Waals surface area contributed by atoms with Crippen molar-refractivity contribution < 1.29 is 4.74 Å². The van der Waals surface area contributed by atoms with Crippen LogP contribution in [0, 0.1) is 0 Å². The molecule has 0 aliphatic heterocycles. The minimum absolute atomic E-state index is 0.485. The first kappa shape index (κ1) is 11.5. The summed E-state index contributed by atoms with van der Waals surface area (Å²) in [6, 6.07) is 7.18. The fourth-order valence-corrected chi connectivity index (χ4v) is 1.95. The summed E-state index contributed by atoms with van der Waals surface area (Å²) in [6.07, 6.45) is 1.71. The molecule has 0 aliphatic carbocycles. The van der Waals surface area contributed by atoms with Crippen LogP contribution in [0.15, 0.2) is 30.5 Å². The number of methoxy groups -OCH3 is 1. The van der Waals surface area contributed by atoms with Crippen LogP contribution in [0.4, 0.5) is 0 Å². The summed E-state index contributed by atoms with van der Waals surface area (Å²) in [4.78, 5) is 0. The molecule has 0 unspecified atom stereocenters. The monoisotopic (exact) mass is 256 g/mol. The van der Waals surface area contributed by atoms with E-state index in [1.54, 1.807) is 30.1 Å². The predicted octanol–water partition coefficient (Wildman–Crippen LogP) is 3.33. The average Bonchev–Trinajstić information content (AvgIpc) is 2.67. The number of halogens is 2. The fourth-order valence-electron chi connectivity index (χ4n) is 1.46. The maximum absolute atomic E-state index is 6.11. The molecule has 0 spiro atoms. The lowest BCUT2D eigenvalue weighted by molar-refractivity contribution is 0.179. The van der Waals surface area contributed by atoms with Gasteiger partial charge in [-0.2, -0.15) is 5.10 Å². The predicted molar refractivity (Wildman–Crippen MR) is 64.3 cm³/mol. The number of hydrogen-bond donors (Lipinski definition) is 0. The first-order valence-electron chi connectivity index (χ1n) is 4.69. The van der Waals surface area contributed by atoms with Crippen molar-refractivity contribution in [1.29, 1.82) is 0 Å². The van der Waals surface area contributed by atoms with Crippen molar-refractivity contribution in [3.8, 4) is 5.69 Å². The Morgan fingerprint density at radius 2 is 2.12 bits per heavy atom. The summed E-state index contributed by atoms with van der Waals surface area (Å²) in [5.41, 5.74) is 1.73. The summed E-state index contributed by atoms with van der Waals surface area (Å²) in [7, 11) is 1.64. The maximum atomic E-state index is 6.11. The quantitative estimate of drug-likeness (QED) is 0.843. The van der Waals surface area contributed by atoms with Gasteiger partial charge in [-0.05, 0) is 24.3 Å². The zero-order chi connectivity index (χ0) is 11.5. The molecule has 1 heterocycles. The van der Waals surface area contributed by atoms with Crippen LogP contribution in [0.3, 0.4) is 0 Å². The minimum atomic E-state index is 0.485. The second-order valence-electron chi connectivity index (χ2n) is 3.26. The molecular formula is C11H10Cl2N2O. The lowest BCUT2D eigenvalue weighted by Crippen LogP contribution is -2.03. The molecule has 5 heteroatoms. The Bertz CT molecular complexity index is 496. The first-order chi connectivity index (χ1) is 7.72. The molecule has 0 aliphatic rings. The zero-order valence-corrected chi connectivity index (χ0v) is 10.2. The van der Waals surface area contributed by atoms with Gasteiger partial charge in [-0.15, -0.1) is 0 Å². The molecule has 3 nitrogen and oxygen atoms in total. The first-order valence-corrected chi connectivity index (χ1v) is 5.45. The Balaban J connectivity index is 2.46. The number of aromatic nitrogens is 2. The number of hydrogen-bond acceptors (Lipinski definition) is 2. The normalized spacial score (nSPS) is 10.7. The molecule has 0 radical (unpaired) electrons. The van der Waals surface area contributed by atoms with E-state index in [-0.39, 0.29) is 0 Å². The highest BCUT2D eigenvalue weighted by Crippen LogP contribution is 2.24. The van der Waals surface area contributed by atoms with Crippen LogP contribution in [-0.2, 0) is 11.3 Å². The van der Waals surface area contributed by atoms with Gasteiger partial charge in [0.05, 0.1) is 23.0 Å². The highest BCUT2D eigenvalue weighted by Gasteiger charge is 2.08. The lowest BCUT2D eigenvalue weighted by atomic mass is 10.3. The van der Waals surface area contributed by atoms with E-state index in [1.165, 1.54) is 0 Å². The Morgan fingerprint density at radius 1 is 1.31 bits per heavy atom. The molecule has 0 saturated heterocycles. The Morgan fingerprint density at radius 3 is 2.81 bits per heavy atom. The van der Waals surface area contributed by atoms with E-state index in [0.717, 1.165) is 11.4 Å². The SMILES string of the molecule is COCc1ccnn1-c1ccc(Cl)cc1Cl. The largest absolute Gasteiger partial charge is 0.378 e. The van der Waals surface area contributed by atoms with Gasteiger partial charge in [-0.3, -0.25) is 0 Å². The summed E-state index contributed by atoms with van der Waals surface area (Å²) >= 11 is 11.9. The summed E-state index contributed by atoms with van der Waals surface area (Å²) in [6.45, 7) is 0.485. The van der Waals surface area contributed by atoms with Gasteiger partial charge in [0.15, 0.2) is 0 Å².